The zero-order chi connectivity index (χ0) is 12.1. The molecule has 17 heavy (non-hydrogen) atoms. The summed E-state index contributed by atoms with van der Waals surface area (Å²) in [5.74, 6) is 0.269. The molecule has 2 heteroatoms. The molecule has 0 bridgehead atoms. The van der Waals surface area contributed by atoms with E-state index >= 15 is 0 Å². The second kappa shape index (κ2) is 5.46. The third-order valence-corrected chi connectivity index (χ3v) is 3.52. The van der Waals surface area contributed by atoms with Gasteiger partial charge in [-0.25, -0.2) is 0 Å². The Hall–Kier alpha value is -1.15. The Bertz CT molecular complexity index is 364. The molecule has 0 amide bonds. The molecule has 1 aliphatic heterocycles. The molecule has 1 heterocycles. The minimum atomic E-state index is -0.489. The topological polar surface area (TPSA) is 26.3 Å². The molecule has 1 aliphatic rings. The fourth-order valence-electron chi connectivity index (χ4n) is 2.36. The largest absolute Gasteiger partial charge is 0.368 e. The van der Waals surface area contributed by atoms with Gasteiger partial charge in [0.1, 0.15) is 5.60 Å². The van der Waals surface area contributed by atoms with Crippen molar-refractivity contribution in [3.63, 3.8) is 0 Å². The summed E-state index contributed by atoms with van der Waals surface area (Å²) >= 11 is 0. The average Bonchev–Trinajstić information content (AvgIpc) is 2.79. The van der Waals surface area contributed by atoms with Crippen LogP contribution in [0, 0.1) is 0 Å². The van der Waals surface area contributed by atoms with Crippen LogP contribution in [0.3, 0.4) is 0 Å². The van der Waals surface area contributed by atoms with Crippen molar-refractivity contribution >= 4 is 5.78 Å². The van der Waals surface area contributed by atoms with Crippen molar-refractivity contribution in [2.75, 3.05) is 6.61 Å². The second-order valence-corrected chi connectivity index (χ2v) is 4.95. The molecular weight excluding hydrogens is 212 g/mol. The highest BCUT2D eigenvalue weighted by molar-refractivity contribution is 5.87. The SMILES string of the molecule is CC1(C(=O)CCCc2ccccc2)CCCO1. The molecule has 1 aromatic carbocycles. The van der Waals surface area contributed by atoms with Crippen molar-refractivity contribution in [3.05, 3.63) is 35.9 Å². The van der Waals surface area contributed by atoms with E-state index in [1.54, 1.807) is 0 Å². The average molecular weight is 232 g/mol. The van der Waals surface area contributed by atoms with Gasteiger partial charge in [-0.2, -0.15) is 0 Å². The molecule has 1 fully saturated rings. The molecule has 2 nitrogen and oxygen atoms in total. The first-order valence-corrected chi connectivity index (χ1v) is 6.42. The maximum Gasteiger partial charge on any atom is 0.164 e. The van der Waals surface area contributed by atoms with E-state index in [2.05, 4.69) is 12.1 Å². The quantitative estimate of drug-likeness (QED) is 0.779. The van der Waals surface area contributed by atoms with Crippen molar-refractivity contribution in [3.8, 4) is 0 Å². The van der Waals surface area contributed by atoms with Gasteiger partial charge in [-0.15, -0.1) is 0 Å². The number of hydrogen-bond donors (Lipinski definition) is 0. The Morgan fingerprint density at radius 1 is 1.35 bits per heavy atom. The van der Waals surface area contributed by atoms with E-state index in [1.807, 2.05) is 25.1 Å². The van der Waals surface area contributed by atoms with Gasteiger partial charge in [0.2, 0.25) is 0 Å². The molecule has 0 N–H and O–H groups in total. The number of carbonyl (C=O) groups is 1. The van der Waals surface area contributed by atoms with Gasteiger partial charge in [0.15, 0.2) is 5.78 Å². The number of rotatable bonds is 5. The van der Waals surface area contributed by atoms with E-state index in [9.17, 15) is 4.79 Å². The Morgan fingerprint density at radius 2 is 2.12 bits per heavy atom. The molecule has 0 radical (unpaired) electrons. The van der Waals surface area contributed by atoms with Crippen molar-refractivity contribution in [2.24, 2.45) is 0 Å². The van der Waals surface area contributed by atoms with Crippen LogP contribution in [-0.2, 0) is 16.0 Å². The molecule has 1 saturated heterocycles. The number of Topliss-reactive ketones (excluding diaryl/α,β-unsaturated/α-hetero) is 1. The molecular formula is C15H20O2. The van der Waals surface area contributed by atoms with Crippen LogP contribution in [0.25, 0.3) is 0 Å². The van der Waals surface area contributed by atoms with E-state index in [1.165, 1.54) is 5.56 Å². The molecule has 2 rings (SSSR count). The van der Waals surface area contributed by atoms with E-state index in [4.69, 9.17) is 4.74 Å². The third kappa shape index (κ3) is 3.16. The highest BCUT2D eigenvalue weighted by atomic mass is 16.5. The van der Waals surface area contributed by atoms with E-state index in [-0.39, 0.29) is 5.78 Å². The highest BCUT2D eigenvalue weighted by Gasteiger charge is 2.36. The lowest BCUT2D eigenvalue weighted by Gasteiger charge is -2.21. The van der Waals surface area contributed by atoms with E-state index in [0.29, 0.717) is 6.42 Å². The van der Waals surface area contributed by atoms with Crippen LogP contribution in [0.1, 0.15) is 38.2 Å². The number of ketones is 1. The fraction of sp³-hybridized carbons (Fsp3) is 0.533. The lowest BCUT2D eigenvalue weighted by Crippen LogP contribution is -2.34. The van der Waals surface area contributed by atoms with Crippen LogP contribution in [0.2, 0.25) is 0 Å². The highest BCUT2D eigenvalue weighted by Crippen LogP contribution is 2.27. The van der Waals surface area contributed by atoms with Crippen molar-refractivity contribution < 1.29 is 9.53 Å². The lowest BCUT2D eigenvalue weighted by molar-refractivity contribution is -0.137. The Labute approximate surface area is 103 Å². The zero-order valence-corrected chi connectivity index (χ0v) is 10.4. The fourth-order valence-corrected chi connectivity index (χ4v) is 2.36. The van der Waals surface area contributed by atoms with Crippen molar-refractivity contribution in [2.45, 2.75) is 44.6 Å². The number of benzene rings is 1. The number of carbonyl (C=O) groups excluding carboxylic acids is 1. The number of ether oxygens (including phenoxy) is 1. The number of aryl methyl sites for hydroxylation is 1. The lowest BCUT2D eigenvalue weighted by atomic mass is 9.93. The summed E-state index contributed by atoms with van der Waals surface area (Å²) in [4.78, 5) is 12.0. The van der Waals surface area contributed by atoms with Crippen LogP contribution in [0.15, 0.2) is 30.3 Å². The first-order chi connectivity index (χ1) is 8.21. The van der Waals surface area contributed by atoms with Gasteiger partial charge < -0.3 is 4.74 Å². The van der Waals surface area contributed by atoms with Gasteiger partial charge in [0.05, 0.1) is 0 Å². The van der Waals surface area contributed by atoms with Crippen molar-refractivity contribution in [1.29, 1.82) is 0 Å². The monoisotopic (exact) mass is 232 g/mol. The minimum absolute atomic E-state index is 0.269. The standard InChI is InChI=1S/C15H20O2/c1-15(11-6-12-17-15)14(16)10-5-9-13-7-3-2-4-8-13/h2-4,7-8H,5-6,9-12H2,1H3. The summed E-state index contributed by atoms with van der Waals surface area (Å²) in [7, 11) is 0. The summed E-state index contributed by atoms with van der Waals surface area (Å²) in [5, 5.41) is 0. The van der Waals surface area contributed by atoms with Crippen LogP contribution in [0.4, 0.5) is 0 Å². The van der Waals surface area contributed by atoms with Crippen LogP contribution < -0.4 is 0 Å². The molecule has 92 valence electrons. The van der Waals surface area contributed by atoms with Gasteiger partial charge in [-0.05, 0) is 38.2 Å². The third-order valence-electron chi connectivity index (χ3n) is 3.52. The molecule has 0 spiro atoms. The summed E-state index contributed by atoms with van der Waals surface area (Å²) in [6.07, 6.45) is 4.42. The molecule has 1 unspecified atom stereocenters. The smallest absolute Gasteiger partial charge is 0.164 e. The summed E-state index contributed by atoms with van der Waals surface area (Å²) in [6, 6.07) is 10.3. The van der Waals surface area contributed by atoms with Gasteiger partial charge in [0, 0.05) is 13.0 Å². The Balaban J connectivity index is 1.77. The van der Waals surface area contributed by atoms with E-state index < -0.39 is 5.60 Å². The first kappa shape index (κ1) is 12.3. The summed E-state index contributed by atoms with van der Waals surface area (Å²) < 4.78 is 5.56. The molecule has 0 aromatic heterocycles. The number of hydrogen-bond acceptors (Lipinski definition) is 2. The van der Waals surface area contributed by atoms with E-state index in [0.717, 1.165) is 32.3 Å². The zero-order valence-electron chi connectivity index (χ0n) is 10.4. The normalized spacial score (nSPS) is 23.8. The Morgan fingerprint density at radius 3 is 2.76 bits per heavy atom. The maximum atomic E-state index is 12.0. The minimum Gasteiger partial charge on any atom is -0.368 e. The predicted molar refractivity (Wildman–Crippen MR) is 68.0 cm³/mol. The van der Waals surface area contributed by atoms with Crippen LogP contribution in [-0.4, -0.2) is 18.0 Å². The first-order valence-electron chi connectivity index (χ1n) is 6.42. The van der Waals surface area contributed by atoms with Crippen LogP contribution in [0.5, 0.6) is 0 Å². The van der Waals surface area contributed by atoms with Gasteiger partial charge in [0.25, 0.3) is 0 Å². The molecule has 0 aliphatic carbocycles. The Kier molecular flexibility index (Phi) is 3.95. The van der Waals surface area contributed by atoms with Gasteiger partial charge in [-0.3, -0.25) is 4.79 Å². The molecule has 1 atom stereocenters. The molecule has 1 aromatic rings. The second-order valence-electron chi connectivity index (χ2n) is 4.95. The van der Waals surface area contributed by atoms with Crippen molar-refractivity contribution in [1.82, 2.24) is 0 Å². The molecule has 0 saturated carbocycles. The predicted octanol–water partition coefficient (Wildman–Crippen LogP) is 3.15. The summed E-state index contributed by atoms with van der Waals surface area (Å²) in [5.41, 5.74) is 0.814. The van der Waals surface area contributed by atoms with Gasteiger partial charge >= 0.3 is 0 Å². The summed E-state index contributed by atoms with van der Waals surface area (Å²) in [6.45, 7) is 2.67. The maximum absolute atomic E-state index is 12.0. The van der Waals surface area contributed by atoms with Crippen LogP contribution >= 0.6 is 0 Å². The van der Waals surface area contributed by atoms with Gasteiger partial charge in [-0.1, -0.05) is 30.3 Å².